The van der Waals surface area contributed by atoms with Crippen molar-refractivity contribution in [2.45, 2.75) is 404 Å². The van der Waals surface area contributed by atoms with Gasteiger partial charge in [-0.05, 0) is 275 Å². The Balaban J connectivity index is -0.000000118. The van der Waals surface area contributed by atoms with Crippen molar-refractivity contribution in [1.29, 1.82) is 0 Å². The van der Waals surface area contributed by atoms with Gasteiger partial charge in [-0.25, -0.2) is 0 Å². The topological polar surface area (TPSA) is 673 Å². The number of hydrogen-bond acceptors (Lipinski definition) is 26. The molecule has 41 heteroatoms. The molecule has 0 heterocycles. The Bertz CT molecular complexity index is 3330. The molecule has 0 saturated carbocycles. The number of carbonyl (C=O) groups is 7. The second kappa shape index (κ2) is 106. The normalized spacial score (nSPS) is 12.6. The first-order valence-corrected chi connectivity index (χ1v) is 48.8. The van der Waals surface area contributed by atoms with E-state index in [0.717, 1.165) is 96.3 Å². The number of nitrogens with two attached hydrogens (primary N) is 7. The average molecular weight is 2030 g/mol. The van der Waals surface area contributed by atoms with Gasteiger partial charge in [0, 0.05) is 120 Å². The Morgan fingerprint density at radius 3 is 0.587 bits per heavy atom. The van der Waals surface area contributed by atoms with Crippen LogP contribution in [0.3, 0.4) is 0 Å². The molecule has 7 amide bonds. The minimum atomic E-state index is -1.49. The standard InChI is InChI=1S/5C11H16BNO3.C7H17NO2.C6H13NO.C5H13N3.C5H11NO.5C4H11N.CO.3CH4/c5*1-3-8(2)13-11(14)9-4-6-10(7-5-9)12(15)16;1-3-6(2)8-4-7(10)5-9;1-4-5(2)7-6(3)8;1-3-4(2)8-5(6)7;1-3-5(2)6-4-7;5*1-3-4(2)5;1-2;;;/h5*4-8,15-16H,3H2,1-2H3,(H,13,14);6-10H,3-5H2,1-2H3;5H,4H2,1-3H3,(H,7,8);4H,3H2,1-2H3,(H4,6,7,8);4-5H,3H2,1-2H3,(H,6,7);5*4H,3,5H2,1-2H3;;3*1H4. The van der Waals surface area contributed by atoms with Crippen LogP contribution in [0.4, 0.5) is 0 Å². The fourth-order valence-corrected chi connectivity index (χ4v) is 7.65. The van der Waals surface area contributed by atoms with E-state index in [1.165, 1.54) is 67.6 Å². The van der Waals surface area contributed by atoms with Gasteiger partial charge in [0.05, 0.1) is 18.8 Å². The molecule has 0 aliphatic heterocycles. The van der Waals surface area contributed by atoms with Gasteiger partial charge in [0.1, 0.15) is 0 Å². The second-order valence-corrected chi connectivity index (χ2v) is 33.8. The van der Waals surface area contributed by atoms with E-state index in [4.69, 9.17) is 105 Å². The van der Waals surface area contributed by atoms with E-state index in [1.54, 1.807) is 60.7 Å². The number of nitrogens with zero attached hydrogens (tertiary/aromatic N) is 1. The van der Waals surface area contributed by atoms with Crippen molar-refractivity contribution in [3.05, 3.63) is 156 Å². The number of hydrogen-bond donors (Lipinski definition) is 27. The van der Waals surface area contributed by atoms with Crippen molar-refractivity contribution in [2.24, 2.45) is 45.1 Å². The molecule has 36 nitrogen and oxygen atoms in total. The van der Waals surface area contributed by atoms with Gasteiger partial charge in [-0.15, -0.1) is 0 Å². The molecule has 0 aromatic heterocycles. The van der Waals surface area contributed by atoms with Crippen LogP contribution in [0.15, 0.2) is 126 Å². The fraction of sp³-hybridized carbons (Fsp3) is 0.618. The van der Waals surface area contributed by atoms with Gasteiger partial charge in [-0.2, -0.15) is 0 Å². The monoisotopic (exact) mass is 2030 g/mol. The zero-order valence-corrected chi connectivity index (χ0v) is 90.1. The van der Waals surface area contributed by atoms with Crippen LogP contribution in [0, 0.1) is 6.65 Å². The van der Waals surface area contributed by atoms with Crippen LogP contribution < -0.4 is 110 Å². The van der Waals surface area contributed by atoms with Crippen molar-refractivity contribution >= 4 is 111 Å². The Morgan fingerprint density at radius 2 is 0.490 bits per heavy atom. The third-order valence-corrected chi connectivity index (χ3v) is 20.0. The fourth-order valence-electron chi connectivity index (χ4n) is 7.65. The first kappa shape index (κ1) is 162. The van der Waals surface area contributed by atoms with Crippen molar-refractivity contribution in [2.75, 3.05) is 13.2 Å². The average Bonchev–Trinajstić information content (AvgIpc) is 0.893. The molecule has 143 heavy (non-hydrogen) atoms. The molecular weight excluding hydrogens is 1820 g/mol. The quantitative estimate of drug-likeness (QED) is 0.00518. The molecule has 5 rings (SSSR count). The van der Waals surface area contributed by atoms with Gasteiger partial charge >= 0.3 is 46.9 Å². The number of carbonyl (C=O) groups excluding carboxylic acids is 7. The zero-order valence-electron chi connectivity index (χ0n) is 90.1. The SMILES string of the molecule is C.C.C.CCC(C)N.CCC(C)N.CCC(C)N.CCC(C)N.CCC(C)N.CCC(C)N=C(N)N.CCC(C)NC(=O)c1ccc(B(O)O)cc1.CCC(C)NC(=O)c1ccc(B(O)O)cc1.CCC(C)NC(=O)c1ccc(B(O)O)cc1.CCC(C)NC(=O)c1ccc(B(O)O)cc1.CCC(C)NC(=O)c1ccc(B(O)O)cc1.CCC(C)NC(C)=O.CCC(C)NC=O.CCC(C)NCC(O)CO.[C-]#[O+]. The molecule has 0 saturated heterocycles. The van der Waals surface area contributed by atoms with Crippen molar-refractivity contribution in [1.82, 2.24) is 42.5 Å². The summed E-state index contributed by atoms with van der Waals surface area (Å²) in [5.41, 5.74) is 41.1. The van der Waals surface area contributed by atoms with Crippen molar-refractivity contribution in [3.8, 4) is 0 Å². The summed E-state index contributed by atoms with van der Waals surface area (Å²) < 4.78 is 7.50. The van der Waals surface area contributed by atoms with Gasteiger partial charge in [0.15, 0.2) is 5.96 Å². The molecule has 15 atom stereocenters. The summed E-state index contributed by atoms with van der Waals surface area (Å²) in [5.74, 6) is -0.490. The van der Waals surface area contributed by atoms with E-state index in [1.807, 2.05) is 152 Å². The maximum absolute atomic E-state index is 11.7. The number of aliphatic hydroxyl groups excluding tert-OH is 2. The molecule has 0 fully saturated rings. The van der Waals surface area contributed by atoms with E-state index in [2.05, 4.69) is 95.7 Å². The Labute approximate surface area is 865 Å². The van der Waals surface area contributed by atoms with Gasteiger partial charge in [0.25, 0.3) is 29.5 Å². The maximum atomic E-state index is 11.7. The number of amides is 7. The number of benzene rings is 5. The summed E-state index contributed by atoms with van der Waals surface area (Å²) >= 11 is 0. The summed E-state index contributed by atoms with van der Waals surface area (Å²) in [5, 5.41) is 129. The third-order valence-electron chi connectivity index (χ3n) is 20.0. The molecule has 0 radical (unpaired) electrons. The molecule has 34 N–H and O–H groups in total. The first-order valence-electron chi connectivity index (χ1n) is 48.8. The number of rotatable bonds is 37. The minimum absolute atomic E-state index is 0. The van der Waals surface area contributed by atoms with Crippen LogP contribution in [0.5, 0.6) is 0 Å². The predicted molar refractivity (Wildman–Crippen MR) is 600 cm³/mol. The summed E-state index contributed by atoms with van der Waals surface area (Å²) in [6.07, 6.45) is 13.9. The third kappa shape index (κ3) is 106. The number of nitrogens with one attached hydrogen (secondary N) is 8. The molecule has 5 aromatic carbocycles. The van der Waals surface area contributed by atoms with Crippen LogP contribution >= 0.6 is 0 Å². The van der Waals surface area contributed by atoms with Gasteiger partial charge in [-0.3, -0.25) is 38.6 Å². The van der Waals surface area contributed by atoms with Crippen molar-refractivity contribution in [3.63, 3.8) is 0 Å². The Hall–Kier alpha value is -9.00. The van der Waals surface area contributed by atoms with Crippen LogP contribution in [0.1, 0.15) is 365 Å². The van der Waals surface area contributed by atoms with E-state index in [0.29, 0.717) is 110 Å². The summed E-state index contributed by atoms with van der Waals surface area (Å²) in [7, 11) is -7.47. The molecular formula is C102H201B5N16O20. The van der Waals surface area contributed by atoms with E-state index in [9.17, 15) is 33.6 Å². The van der Waals surface area contributed by atoms with Gasteiger partial charge < -0.3 is 143 Å². The predicted octanol–water partition coefficient (Wildman–Crippen LogP) is 6.30. The molecule has 5 aromatic rings. The molecule has 15 unspecified atom stereocenters. The summed E-state index contributed by atoms with van der Waals surface area (Å²) in [6, 6.07) is 34.9. The molecule has 0 aliphatic carbocycles. The van der Waals surface area contributed by atoms with Crippen LogP contribution in [0.2, 0.25) is 0 Å². The van der Waals surface area contributed by atoms with Crippen LogP contribution in [-0.2, 0) is 14.2 Å². The number of guanidine groups is 1. The summed E-state index contributed by atoms with van der Waals surface area (Å²) in [4.78, 5) is 82.1. The van der Waals surface area contributed by atoms with Gasteiger partial charge in [0.2, 0.25) is 12.3 Å². The molecule has 824 valence electrons. The van der Waals surface area contributed by atoms with Crippen LogP contribution in [0.25, 0.3) is 0 Å². The van der Waals surface area contributed by atoms with Crippen molar-refractivity contribution < 1.29 is 98.7 Å². The summed E-state index contributed by atoms with van der Waals surface area (Å²) in [6.45, 7) is 62.5. The molecule has 0 bridgehead atoms. The zero-order chi connectivity index (χ0) is 111. The van der Waals surface area contributed by atoms with Crippen LogP contribution in [-0.4, -0.2) is 248 Å². The second-order valence-electron chi connectivity index (χ2n) is 33.8. The Morgan fingerprint density at radius 1 is 0.322 bits per heavy atom. The van der Waals surface area contributed by atoms with E-state index >= 15 is 0 Å². The number of aliphatic hydroxyl groups is 2. The van der Waals surface area contributed by atoms with E-state index in [-0.39, 0.29) is 107 Å². The molecule has 0 aliphatic rings. The molecule has 0 spiro atoms. The van der Waals surface area contributed by atoms with E-state index < -0.39 is 41.7 Å². The Kier molecular flexibility index (Phi) is 120. The first-order chi connectivity index (χ1) is 65.4. The van der Waals surface area contributed by atoms with Gasteiger partial charge in [-0.1, -0.05) is 180 Å². The number of aliphatic imine (C=N–C) groups is 1.